The van der Waals surface area contributed by atoms with E-state index in [0.717, 1.165) is 22.3 Å². The highest BCUT2D eigenvalue weighted by Gasteiger charge is 2.31. The number of nitrogens with one attached hydrogen (secondary N) is 2. The van der Waals surface area contributed by atoms with Crippen molar-refractivity contribution in [2.45, 2.75) is 13.0 Å². The summed E-state index contributed by atoms with van der Waals surface area (Å²) in [6, 6.07) is 11.6. The molecule has 1 aromatic carbocycles. The first-order valence-electron chi connectivity index (χ1n) is 9.75. The van der Waals surface area contributed by atoms with Crippen LogP contribution in [0.3, 0.4) is 0 Å². The molecule has 7 nitrogen and oxygen atoms in total. The molecule has 8 heteroatoms. The molecule has 1 saturated heterocycles. The third-order valence-electron chi connectivity index (χ3n) is 5.47. The number of aromatic amines is 2. The van der Waals surface area contributed by atoms with E-state index in [0.29, 0.717) is 30.1 Å². The molecular formula is C22H20FN5O2. The summed E-state index contributed by atoms with van der Waals surface area (Å²) >= 11 is 0. The molecule has 152 valence electrons. The second-order valence-corrected chi connectivity index (χ2v) is 7.34. The SMILES string of the molecule is Cc1[nH]ncc1-c1ccc2cc(C(=O)N3CCOC[C@@H]3c3ccccc3F)[nH]c2n1. The number of benzene rings is 1. The van der Waals surface area contributed by atoms with Gasteiger partial charge in [-0.05, 0) is 31.2 Å². The van der Waals surface area contributed by atoms with Gasteiger partial charge in [-0.3, -0.25) is 9.89 Å². The van der Waals surface area contributed by atoms with Crippen LogP contribution >= 0.6 is 0 Å². The molecule has 0 saturated carbocycles. The number of ether oxygens (including phenoxy) is 1. The fraction of sp³-hybridized carbons (Fsp3) is 0.227. The lowest BCUT2D eigenvalue weighted by Gasteiger charge is -2.35. The summed E-state index contributed by atoms with van der Waals surface area (Å²) in [6.07, 6.45) is 1.73. The molecule has 0 radical (unpaired) electrons. The van der Waals surface area contributed by atoms with Crippen LogP contribution in [0.4, 0.5) is 4.39 Å². The first-order chi connectivity index (χ1) is 14.6. The molecule has 4 aromatic rings. The maximum atomic E-state index is 14.4. The second kappa shape index (κ2) is 7.38. The van der Waals surface area contributed by atoms with Crippen molar-refractivity contribution in [2.75, 3.05) is 19.8 Å². The zero-order valence-electron chi connectivity index (χ0n) is 16.4. The van der Waals surface area contributed by atoms with Gasteiger partial charge in [-0.1, -0.05) is 18.2 Å². The Hall–Kier alpha value is -3.52. The summed E-state index contributed by atoms with van der Waals surface area (Å²) in [5.74, 6) is -0.546. The van der Waals surface area contributed by atoms with E-state index in [1.807, 2.05) is 19.1 Å². The van der Waals surface area contributed by atoms with Crippen molar-refractivity contribution >= 4 is 16.9 Å². The Morgan fingerprint density at radius 2 is 2.13 bits per heavy atom. The quantitative estimate of drug-likeness (QED) is 0.545. The van der Waals surface area contributed by atoms with Crippen molar-refractivity contribution < 1.29 is 13.9 Å². The lowest BCUT2D eigenvalue weighted by Crippen LogP contribution is -2.43. The lowest BCUT2D eigenvalue weighted by atomic mass is 10.0. The topological polar surface area (TPSA) is 86.9 Å². The van der Waals surface area contributed by atoms with Gasteiger partial charge in [-0.15, -0.1) is 0 Å². The number of morpholine rings is 1. The Morgan fingerprint density at radius 1 is 1.27 bits per heavy atom. The van der Waals surface area contributed by atoms with E-state index in [9.17, 15) is 9.18 Å². The minimum atomic E-state index is -0.476. The number of aryl methyl sites for hydroxylation is 1. The molecule has 0 bridgehead atoms. The number of pyridine rings is 1. The van der Waals surface area contributed by atoms with Gasteiger partial charge in [0.2, 0.25) is 0 Å². The van der Waals surface area contributed by atoms with Crippen LogP contribution in [0.2, 0.25) is 0 Å². The molecule has 2 N–H and O–H groups in total. The fourth-order valence-corrected chi connectivity index (χ4v) is 3.88. The summed E-state index contributed by atoms with van der Waals surface area (Å²) in [4.78, 5) is 22.7. The van der Waals surface area contributed by atoms with Crippen molar-refractivity contribution in [3.8, 4) is 11.3 Å². The van der Waals surface area contributed by atoms with Gasteiger partial charge in [-0.2, -0.15) is 5.10 Å². The Kier molecular flexibility index (Phi) is 4.55. The van der Waals surface area contributed by atoms with E-state index in [1.165, 1.54) is 6.07 Å². The summed E-state index contributed by atoms with van der Waals surface area (Å²) in [5.41, 5.74) is 4.09. The van der Waals surface area contributed by atoms with Crippen LogP contribution in [0.15, 0.2) is 48.7 Å². The Morgan fingerprint density at radius 3 is 2.93 bits per heavy atom. The number of halogens is 1. The van der Waals surface area contributed by atoms with Crippen molar-refractivity contribution in [3.05, 3.63) is 71.4 Å². The van der Waals surface area contributed by atoms with Crippen LogP contribution in [0, 0.1) is 12.7 Å². The number of hydrogen-bond acceptors (Lipinski definition) is 4. The molecular weight excluding hydrogens is 385 g/mol. The average Bonchev–Trinajstić information content (AvgIpc) is 3.39. The monoisotopic (exact) mass is 405 g/mol. The Bertz CT molecular complexity index is 1230. The van der Waals surface area contributed by atoms with Crippen LogP contribution in [0.5, 0.6) is 0 Å². The van der Waals surface area contributed by atoms with Gasteiger partial charge in [0.15, 0.2) is 0 Å². The predicted octanol–water partition coefficient (Wildman–Crippen LogP) is 3.61. The molecule has 4 heterocycles. The van der Waals surface area contributed by atoms with Crippen LogP contribution in [-0.2, 0) is 4.74 Å². The highest BCUT2D eigenvalue weighted by Crippen LogP contribution is 2.29. The number of carbonyl (C=O) groups is 1. The zero-order valence-corrected chi connectivity index (χ0v) is 16.4. The number of nitrogens with zero attached hydrogens (tertiary/aromatic N) is 3. The molecule has 1 fully saturated rings. The van der Waals surface area contributed by atoms with Gasteiger partial charge >= 0.3 is 0 Å². The zero-order chi connectivity index (χ0) is 20.7. The largest absolute Gasteiger partial charge is 0.377 e. The van der Waals surface area contributed by atoms with E-state index in [-0.39, 0.29) is 18.3 Å². The second-order valence-electron chi connectivity index (χ2n) is 7.34. The molecule has 0 unspecified atom stereocenters. The molecule has 30 heavy (non-hydrogen) atoms. The van der Waals surface area contributed by atoms with Crippen LogP contribution < -0.4 is 0 Å². The lowest BCUT2D eigenvalue weighted by molar-refractivity contribution is -0.00389. The van der Waals surface area contributed by atoms with E-state index < -0.39 is 6.04 Å². The van der Waals surface area contributed by atoms with Crippen molar-refractivity contribution in [3.63, 3.8) is 0 Å². The van der Waals surface area contributed by atoms with Gasteiger partial charge in [0.1, 0.15) is 17.2 Å². The number of amides is 1. The number of hydrogen-bond donors (Lipinski definition) is 2. The standard InChI is InChI=1S/C22H20FN5O2/c1-13-16(11-24-27-13)18-7-6-14-10-19(26-21(14)25-18)22(29)28-8-9-30-12-20(28)15-4-2-3-5-17(15)23/h2-7,10-11,20H,8-9,12H2,1H3,(H,24,27)(H,25,26)/t20-/m1/s1. The molecule has 0 aliphatic carbocycles. The molecule has 1 amide bonds. The average molecular weight is 405 g/mol. The maximum absolute atomic E-state index is 14.4. The van der Waals surface area contributed by atoms with Crippen LogP contribution in [0.25, 0.3) is 22.3 Å². The normalized spacial score (nSPS) is 16.9. The van der Waals surface area contributed by atoms with E-state index >= 15 is 0 Å². The van der Waals surface area contributed by atoms with E-state index in [2.05, 4.69) is 20.2 Å². The first kappa shape index (κ1) is 18.5. The van der Waals surface area contributed by atoms with Crippen LogP contribution in [0.1, 0.15) is 27.8 Å². The Balaban J connectivity index is 1.49. The van der Waals surface area contributed by atoms with Crippen molar-refractivity contribution in [1.82, 2.24) is 25.1 Å². The van der Waals surface area contributed by atoms with Crippen molar-refractivity contribution in [2.24, 2.45) is 0 Å². The van der Waals surface area contributed by atoms with Gasteiger partial charge in [0.05, 0.1) is 31.1 Å². The molecule has 1 aliphatic rings. The fourth-order valence-electron chi connectivity index (χ4n) is 3.88. The summed E-state index contributed by atoms with van der Waals surface area (Å²) in [6.45, 7) is 2.99. The first-order valence-corrected chi connectivity index (χ1v) is 9.75. The van der Waals surface area contributed by atoms with E-state index in [1.54, 1.807) is 35.4 Å². The van der Waals surface area contributed by atoms with Crippen molar-refractivity contribution in [1.29, 1.82) is 0 Å². The van der Waals surface area contributed by atoms with Gasteiger partial charge in [0, 0.05) is 28.8 Å². The van der Waals surface area contributed by atoms with Gasteiger partial charge in [0.25, 0.3) is 5.91 Å². The minimum absolute atomic E-state index is 0.203. The summed E-state index contributed by atoms with van der Waals surface area (Å²) in [7, 11) is 0. The van der Waals surface area contributed by atoms with Crippen LogP contribution in [-0.4, -0.2) is 50.7 Å². The number of H-pyrrole nitrogens is 2. The number of fused-ring (bicyclic) bond motifs is 1. The number of aromatic nitrogens is 4. The smallest absolute Gasteiger partial charge is 0.271 e. The summed E-state index contributed by atoms with van der Waals surface area (Å²) < 4.78 is 19.9. The molecule has 1 atom stereocenters. The third-order valence-corrected chi connectivity index (χ3v) is 5.47. The Labute approximate surface area is 171 Å². The predicted molar refractivity (Wildman–Crippen MR) is 109 cm³/mol. The molecule has 5 rings (SSSR count). The molecule has 3 aromatic heterocycles. The number of carbonyl (C=O) groups excluding carboxylic acids is 1. The highest BCUT2D eigenvalue weighted by molar-refractivity contribution is 5.98. The number of rotatable bonds is 3. The molecule has 1 aliphatic heterocycles. The van der Waals surface area contributed by atoms with Gasteiger partial charge < -0.3 is 14.6 Å². The maximum Gasteiger partial charge on any atom is 0.271 e. The summed E-state index contributed by atoms with van der Waals surface area (Å²) in [5, 5.41) is 7.77. The molecule has 0 spiro atoms. The third kappa shape index (κ3) is 3.15. The van der Waals surface area contributed by atoms with E-state index in [4.69, 9.17) is 4.74 Å². The minimum Gasteiger partial charge on any atom is -0.377 e. The highest BCUT2D eigenvalue weighted by atomic mass is 19.1. The van der Waals surface area contributed by atoms with Gasteiger partial charge in [-0.25, -0.2) is 9.37 Å².